The second kappa shape index (κ2) is 7.58. The summed E-state index contributed by atoms with van der Waals surface area (Å²) in [6.45, 7) is 4.39. The molecule has 1 atom stereocenters. The molecule has 7 heteroatoms. The molecule has 0 bridgehead atoms. The number of pyridine rings is 1. The molecule has 1 aromatic carbocycles. The number of carbonyl (C=O) groups is 1. The highest BCUT2D eigenvalue weighted by Gasteiger charge is 2.36. The zero-order chi connectivity index (χ0) is 20.5. The van der Waals surface area contributed by atoms with Crippen LogP contribution in [0, 0.1) is 5.82 Å². The van der Waals surface area contributed by atoms with Gasteiger partial charge in [0, 0.05) is 30.9 Å². The van der Waals surface area contributed by atoms with E-state index in [1.807, 2.05) is 26.0 Å². The van der Waals surface area contributed by atoms with E-state index < -0.39 is 0 Å². The predicted molar refractivity (Wildman–Crippen MR) is 109 cm³/mol. The van der Waals surface area contributed by atoms with E-state index >= 15 is 0 Å². The van der Waals surface area contributed by atoms with Crippen LogP contribution in [0.3, 0.4) is 0 Å². The van der Waals surface area contributed by atoms with Gasteiger partial charge in [0.15, 0.2) is 0 Å². The van der Waals surface area contributed by atoms with Crippen molar-refractivity contribution in [1.82, 2.24) is 19.9 Å². The number of aromatic nitrogens is 3. The minimum Gasteiger partial charge on any atom is -0.368 e. The summed E-state index contributed by atoms with van der Waals surface area (Å²) in [6.07, 6.45) is 4.46. The first-order chi connectivity index (χ1) is 14.0. The van der Waals surface area contributed by atoms with E-state index in [1.54, 1.807) is 23.4 Å². The van der Waals surface area contributed by atoms with Crippen molar-refractivity contribution >= 4 is 11.9 Å². The summed E-state index contributed by atoms with van der Waals surface area (Å²) in [5, 5.41) is 0. The fourth-order valence-corrected chi connectivity index (χ4v) is 4.04. The first-order valence-corrected chi connectivity index (χ1v) is 9.69. The molecule has 0 saturated heterocycles. The number of hydrogen-bond donors (Lipinski definition) is 1. The van der Waals surface area contributed by atoms with Crippen molar-refractivity contribution in [3.63, 3.8) is 0 Å². The van der Waals surface area contributed by atoms with Gasteiger partial charge < -0.3 is 10.6 Å². The smallest absolute Gasteiger partial charge is 0.258 e. The van der Waals surface area contributed by atoms with Crippen LogP contribution in [0.4, 0.5) is 10.3 Å². The van der Waals surface area contributed by atoms with Gasteiger partial charge in [-0.05, 0) is 42.7 Å². The highest BCUT2D eigenvalue weighted by atomic mass is 19.1. The van der Waals surface area contributed by atoms with Gasteiger partial charge in [-0.3, -0.25) is 9.78 Å². The fraction of sp³-hybridized carbons (Fsp3) is 0.273. The fourth-order valence-electron chi connectivity index (χ4n) is 4.04. The molecule has 1 aliphatic heterocycles. The number of anilines is 1. The summed E-state index contributed by atoms with van der Waals surface area (Å²) in [5.41, 5.74) is 10.1. The number of rotatable bonds is 4. The predicted octanol–water partition coefficient (Wildman–Crippen LogP) is 3.58. The molecule has 0 unspecified atom stereocenters. The zero-order valence-corrected chi connectivity index (χ0v) is 16.4. The highest BCUT2D eigenvalue weighted by molar-refractivity contribution is 5.98. The molecule has 2 aromatic heterocycles. The largest absolute Gasteiger partial charge is 0.368 e. The number of halogens is 1. The number of fused-ring (bicyclic) bond motifs is 1. The maximum atomic E-state index is 14.1. The van der Waals surface area contributed by atoms with E-state index in [2.05, 4.69) is 15.0 Å². The number of benzene rings is 1. The number of nitrogens with two attached hydrogens (primary N) is 1. The summed E-state index contributed by atoms with van der Waals surface area (Å²) >= 11 is 0. The summed E-state index contributed by atoms with van der Waals surface area (Å²) in [5.74, 6) is -0.279. The van der Waals surface area contributed by atoms with Crippen LogP contribution in [0.15, 0.2) is 42.7 Å². The summed E-state index contributed by atoms with van der Waals surface area (Å²) in [4.78, 5) is 27.9. The number of amides is 1. The van der Waals surface area contributed by atoms with Gasteiger partial charge in [-0.15, -0.1) is 0 Å². The molecule has 0 radical (unpaired) electrons. The number of aryl methyl sites for hydroxylation is 1. The van der Waals surface area contributed by atoms with E-state index in [0.717, 1.165) is 16.7 Å². The van der Waals surface area contributed by atoms with E-state index in [-0.39, 0.29) is 23.7 Å². The Hall–Kier alpha value is -3.35. The third kappa shape index (κ3) is 3.33. The lowest BCUT2D eigenvalue weighted by atomic mass is 9.87. The summed E-state index contributed by atoms with van der Waals surface area (Å²) < 4.78 is 14.1. The number of nitrogens with zero attached hydrogens (tertiary/aromatic N) is 4. The minimum atomic E-state index is -0.335. The molecule has 1 aliphatic rings. The van der Waals surface area contributed by atoms with E-state index in [9.17, 15) is 9.18 Å². The maximum absolute atomic E-state index is 14.1. The topological polar surface area (TPSA) is 85.0 Å². The molecule has 148 valence electrons. The lowest BCUT2D eigenvalue weighted by Gasteiger charge is -2.37. The van der Waals surface area contributed by atoms with Crippen molar-refractivity contribution in [3.05, 3.63) is 71.1 Å². The normalized spacial score (nSPS) is 16.0. The van der Waals surface area contributed by atoms with Crippen molar-refractivity contribution < 1.29 is 9.18 Å². The van der Waals surface area contributed by atoms with Gasteiger partial charge in [-0.25, -0.2) is 14.4 Å². The average Bonchev–Trinajstić information content (AvgIpc) is 2.73. The molecular formula is C22H22FN5O. The standard InChI is InChI=1S/C22H22FN5O/c1-3-17-20-18(27-22(24)26-17)11-19(28(4-2)21(20)29)15-8-7-14(23)10-16(15)13-6-5-9-25-12-13/h5-10,12,19H,3-4,11H2,1-2H3,(H2,24,26,27)/t19-/m1/s1. The van der Waals surface area contributed by atoms with Crippen LogP contribution in [0.5, 0.6) is 0 Å². The Morgan fingerprint density at radius 1 is 1.24 bits per heavy atom. The summed E-state index contributed by atoms with van der Waals surface area (Å²) in [6, 6.07) is 8.07. The van der Waals surface area contributed by atoms with Crippen molar-refractivity contribution in [3.8, 4) is 11.1 Å². The molecule has 3 aromatic rings. The third-order valence-electron chi connectivity index (χ3n) is 5.34. The molecule has 2 N–H and O–H groups in total. The molecule has 1 amide bonds. The Bertz CT molecular complexity index is 1070. The van der Waals surface area contributed by atoms with E-state index in [4.69, 9.17) is 5.73 Å². The van der Waals surface area contributed by atoms with Gasteiger partial charge in [-0.2, -0.15) is 0 Å². The van der Waals surface area contributed by atoms with Crippen LogP contribution >= 0.6 is 0 Å². The first-order valence-electron chi connectivity index (χ1n) is 9.69. The van der Waals surface area contributed by atoms with E-state index in [1.165, 1.54) is 12.1 Å². The van der Waals surface area contributed by atoms with Crippen molar-refractivity contribution in [2.24, 2.45) is 0 Å². The molecule has 4 rings (SSSR count). The Morgan fingerprint density at radius 2 is 2.07 bits per heavy atom. The monoisotopic (exact) mass is 391 g/mol. The average molecular weight is 391 g/mol. The van der Waals surface area contributed by atoms with Gasteiger partial charge in [0.25, 0.3) is 5.91 Å². The van der Waals surface area contributed by atoms with E-state index in [0.29, 0.717) is 36.3 Å². The quantitative estimate of drug-likeness (QED) is 0.735. The van der Waals surface area contributed by atoms with Crippen LogP contribution in [-0.4, -0.2) is 32.3 Å². The van der Waals surface area contributed by atoms with Gasteiger partial charge >= 0.3 is 0 Å². The molecule has 0 fully saturated rings. The van der Waals surface area contributed by atoms with Crippen LogP contribution in [0.2, 0.25) is 0 Å². The summed E-state index contributed by atoms with van der Waals surface area (Å²) in [7, 11) is 0. The first kappa shape index (κ1) is 19.0. The lowest BCUT2D eigenvalue weighted by Crippen LogP contribution is -2.41. The maximum Gasteiger partial charge on any atom is 0.258 e. The Kier molecular flexibility index (Phi) is 4.96. The Balaban J connectivity index is 1.88. The van der Waals surface area contributed by atoms with Gasteiger partial charge in [0.1, 0.15) is 5.82 Å². The lowest BCUT2D eigenvalue weighted by molar-refractivity contribution is 0.0656. The molecule has 0 saturated carbocycles. The van der Waals surface area contributed by atoms with Crippen LogP contribution in [0.1, 0.15) is 47.2 Å². The van der Waals surface area contributed by atoms with Gasteiger partial charge in [0.2, 0.25) is 5.95 Å². The van der Waals surface area contributed by atoms with Crippen molar-refractivity contribution in [2.45, 2.75) is 32.7 Å². The molecule has 0 aliphatic carbocycles. The zero-order valence-electron chi connectivity index (χ0n) is 16.4. The Morgan fingerprint density at radius 3 is 2.76 bits per heavy atom. The number of hydrogen-bond acceptors (Lipinski definition) is 5. The number of carbonyl (C=O) groups excluding carboxylic acids is 1. The molecule has 3 heterocycles. The second-order valence-corrected chi connectivity index (χ2v) is 6.99. The van der Waals surface area contributed by atoms with Gasteiger partial charge in [0.05, 0.1) is 23.0 Å². The van der Waals surface area contributed by atoms with Gasteiger partial charge in [-0.1, -0.05) is 19.1 Å². The third-order valence-corrected chi connectivity index (χ3v) is 5.34. The molecule has 0 spiro atoms. The van der Waals surface area contributed by atoms with Crippen LogP contribution in [-0.2, 0) is 12.8 Å². The molecular weight excluding hydrogens is 369 g/mol. The number of nitrogen functional groups attached to an aromatic ring is 1. The number of likely N-dealkylation sites (N-methyl/N-ethyl adjacent to an activating group) is 1. The molecule has 6 nitrogen and oxygen atoms in total. The van der Waals surface area contributed by atoms with Crippen LogP contribution in [0.25, 0.3) is 11.1 Å². The minimum absolute atomic E-state index is 0.114. The second-order valence-electron chi connectivity index (χ2n) is 6.99. The Labute approximate surface area is 168 Å². The highest BCUT2D eigenvalue weighted by Crippen LogP contribution is 2.38. The van der Waals surface area contributed by atoms with Crippen molar-refractivity contribution in [2.75, 3.05) is 12.3 Å². The molecule has 29 heavy (non-hydrogen) atoms. The van der Waals surface area contributed by atoms with Crippen LogP contribution < -0.4 is 5.73 Å². The van der Waals surface area contributed by atoms with Crippen molar-refractivity contribution in [1.29, 1.82) is 0 Å². The SMILES string of the molecule is CCc1nc(N)nc2c1C(=O)N(CC)[C@@H](c1ccc(F)cc1-c1cccnc1)C2.